The van der Waals surface area contributed by atoms with E-state index in [-0.39, 0.29) is 21.8 Å². The van der Waals surface area contributed by atoms with E-state index < -0.39 is 17.6 Å². The fraction of sp³-hybridized carbons (Fsp3) is 0.0909. The fourth-order valence-corrected chi connectivity index (χ4v) is 2.18. The van der Waals surface area contributed by atoms with E-state index in [0.29, 0.717) is 0 Å². The summed E-state index contributed by atoms with van der Waals surface area (Å²) in [5, 5.41) is 0. The maximum Gasteiger partial charge on any atom is 0.351 e. The highest BCUT2D eigenvalue weighted by Crippen LogP contribution is 2.31. The number of carbonyl (C=O) groups excluding carboxylic acids is 1. The molecule has 2 aromatic rings. The Hall–Kier alpha value is -2.02. The van der Waals surface area contributed by atoms with Crippen LogP contribution in [-0.2, 0) is 4.74 Å². The van der Waals surface area contributed by atoms with E-state index in [9.17, 15) is 13.6 Å². The standard InChI is InChI=1S/C11H8F2N2O2S/c1-17-11(16)10-8(14)9(15-18-10)5-2-6(12)4-7(13)3-5/h2-4H,14H2,1H3. The Bertz CT molecular complexity index is 593. The molecule has 0 spiro atoms. The van der Waals surface area contributed by atoms with E-state index in [1.54, 1.807) is 0 Å². The Kier molecular flexibility index (Phi) is 3.24. The second-order valence-electron chi connectivity index (χ2n) is 3.42. The minimum Gasteiger partial charge on any atom is -0.465 e. The molecule has 18 heavy (non-hydrogen) atoms. The lowest BCUT2D eigenvalue weighted by Crippen LogP contribution is -2.02. The van der Waals surface area contributed by atoms with E-state index in [4.69, 9.17) is 5.73 Å². The predicted molar refractivity (Wildman–Crippen MR) is 63.2 cm³/mol. The predicted octanol–water partition coefficient (Wildman–Crippen LogP) is 2.46. The molecule has 0 radical (unpaired) electrons. The van der Waals surface area contributed by atoms with Crippen LogP contribution in [0.25, 0.3) is 11.3 Å². The van der Waals surface area contributed by atoms with Gasteiger partial charge in [-0.05, 0) is 23.7 Å². The zero-order chi connectivity index (χ0) is 13.3. The average Bonchev–Trinajstić information content (AvgIpc) is 2.69. The first kappa shape index (κ1) is 12.4. The number of aromatic nitrogens is 1. The van der Waals surface area contributed by atoms with Gasteiger partial charge in [-0.1, -0.05) is 0 Å². The van der Waals surface area contributed by atoms with Gasteiger partial charge in [-0.2, -0.15) is 4.37 Å². The van der Waals surface area contributed by atoms with Crippen LogP contribution < -0.4 is 5.73 Å². The van der Waals surface area contributed by atoms with Crippen molar-refractivity contribution in [2.24, 2.45) is 0 Å². The first-order valence-electron chi connectivity index (χ1n) is 4.83. The third kappa shape index (κ3) is 2.17. The topological polar surface area (TPSA) is 65.2 Å². The Labute approximate surface area is 105 Å². The molecule has 1 aromatic heterocycles. The van der Waals surface area contributed by atoms with Crippen LogP contribution in [0.5, 0.6) is 0 Å². The van der Waals surface area contributed by atoms with Gasteiger partial charge in [-0.15, -0.1) is 0 Å². The fourth-order valence-electron chi connectivity index (χ4n) is 1.44. The summed E-state index contributed by atoms with van der Waals surface area (Å²) in [5.41, 5.74) is 6.11. The van der Waals surface area contributed by atoms with Gasteiger partial charge in [0.2, 0.25) is 0 Å². The summed E-state index contributed by atoms with van der Waals surface area (Å²) in [4.78, 5) is 11.4. The summed E-state index contributed by atoms with van der Waals surface area (Å²) >= 11 is 0.821. The number of nitrogens with two attached hydrogens (primary N) is 1. The number of hydrogen-bond donors (Lipinski definition) is 1. The zero-order valence-electron chi connectivity index (χ0n) is 9.24. The van der Waals surface area contributed by atoms with Gasteiger partial charge in [0.15, 0.2) is 4.88 Å². The van der Waals surface area contributed by atoms with Crippen molar-refractivity contribution in [1.82, 2.24) is 4.37 Å². The number of esters is 1. The quantitative estimate of drug-likeness (QED) is 0.851. The van der Waals surface area contributed by atoms with Crippen LogP contribution in [-0.4, -0.2) is 17.5 Å². The second-order valence-corrected chi connectivity index (χ2v) is 4.20. The summed E-state index contributed by atoms with van der Waals surface area (Å²) in [6.45, 7) is 0. The summed E-state index contributed by atoms with van der Waals surface area (Å²) < 4.78 is 34.6. The lowest BCUT2D eigenvalue weighted by atomic mass is 10.1. The molecule has 1 aromatic carbocycles. The van der Waals surface area contributed by atoms with Crippen molar-refractivity contribution in [3.63, 3.8) is 0 Å². The molecule has 0 unspecified atom stereocenters. The SMILES string of the molecule is COC(=O)c1snc(-c2cc(F)cc(F)c2)c1N. The lowest BCUT2D eigenvalue weighted by Gasteiger charge is -2.01. The number of nitrogens with zero attached hydrogens (tertiary/aromatic N) is 1. The molecule has 0 aliphatic heterocycles. The molecule has 0 aliphatic rings. The number of halogens is 2. The molecule has 7 heteroatoms. The van der Waals surface area contributed by atoms with Crippen LogP contribution in [0.3, 0.4) is 0 Å². The molecule has 2 rings (SSSR count). The van der Waals surface area contributed by atoms with E-state index in [2.05, 4.69) is 9.11 Å². The highest BCUT2D eigenvalue weighted by atomic mass is 32.1. The highest BCUT2D eigenvalue weighted by Gasteiger charge is 2.19. The number of carbonyl (C=O) groups is 1. The molecule has 4 nitrogen and oxygen atoms in total. The number of rotatable bonds is 2. The third-order valence-corrected chi connectivity index (χ3v) is 3.08. The second kappa shape index (κ2) is 4.69. The van der Waals surface area contributed by atoms with Gasteiger partial charge in [0, 0.05) is 11.6 Å². The molecule has 1 heterocycles. The molecular formula is C11H8F2N2O2S. The van der Waals surface area contributed by atoms with Crippen molar-refractivity contribution >= 4 is 23.2 Å². The van der Waals surface area contributed by atoms with Gasteiger partial charge in [0.05, 0.1) is 12.8 Å². The van der Waals surface area contributed by atoms with Crippen molar-refractivity contribution in [3.05, 3.63) is 34.7 Å². The summed E-state index contributed by atoms with van der Waals surface area (Å²) in [6, 6.07) is 2.93. The monoisotopic (exact) mass is 270 g/mol. The normalized spacial score (nSPS) is 10.4. The Morgan fingerprint density at radius 3 is 2.50 bits per heavy atom. The van der Waals surface area contributed by atoms with Gasteiger partial charge >= 0.3 is 5.97 Å². The van der Waals surface area contributed by atoms with Crippen LogP contribution >= 0.6 is 11.5 Å². The van der Waals surface area contributed by atoms with Gasteiger partial charge in [-0.3, -0.25) is 0 Å². The van der Waals surface area contributed by atoms with Gasteiger partial charge in [-0.25, -0.2) is 13.6 Å². The van der Waals surface area contributed by atoms with Crippen molar-refractivity contribution in [1.29, 1.82) is 0 Å². The van der Waals surface area contributed by atoms with E-state index in [0.717, 1.165) is 29.7 Å². The maximum absolute atomic E-state index is 13.1. The summed E-state index contributed by atoms with van der Waals surface area (Å²) in [5.74, 6) is -2.11. The molecule has 0 amide bonds. The van der Waals surface area contributed by atoms with Crippen molar-refractivity contribution in [3.8, 4) is 11.3 Å². The largest absolute Gasteiger partial charge is 0.465 e. The molecule has 0 aliphatic carbocycles. The number of anilines is 1. The lowest BCUT2D eigenvalue weighted by molar-refractivity contribution is 0.0607. The van der Waals surface area contributed by atoms with Crippen LogP contribution in [0.1, 0.15) is 9.67 Å². The zero-order valence-corrected chi connectivity index (χ0v) is 10.1. The summed E-state index contributed by atoms with van der Waals surface area (Å²) in [6.07, 6.45) is 0. The third-order valence-electron chi connectivity index (χ3n) is 2.23. The average molecular weight is 270 g/mol. The Morgan fingerprint density at radius 2 is 1.94 bits per heavy atom. The number of ether oxygens (including phenoxy) is 1. The number of hydrogen-bond acceptors (Lipinski definition) is 5. The van der Waals surface area contributed by atoms with Crippen LogP contribution in [0.2, 0.25) is 0 Å². The van der Waals surface area contributed by atoms with Crippen molar-refractivity contribution < 1.29 is 18.3 Å². The molecule has 94 valence electrons. The van der Waals surface area contributed by atoms with E-state index >= 15 is 0 Å². The number of nitrogen functional groups attached to an aromatic ring is 1. The van der Waals surface area contributed by atoms with Gasteiger partial charge in [0.1, 0.15) is 17.3 Å². The smallest absolute Gasteiger partial charge is 0.351 e. The molecule has 0 atom stereocenters. The van der Waals surface area contributed by atoms with Crippen molar-refractivity contribution in [2.75, 3.05) is 12.8 Å². The first-order chi connectivity index (χ1) is 8.52. The molecule has 0 fully saturated rings. The van der Waals surface area contributed by atoms with Crippen LogP contribution in [0.15, 0.2) is 18.2 Å². The molecular weight excluding hydrogens is 262 g/mol. The van der Waals surface area contributed by atoms with E-state index in [1.165, 1.54) is 7.11 Å². The van der Waals surface area contributed by atoms with Crippen LogP contribution in [0, 0.1) is 11.6 Å². The minimum absolute atomic E-state index is 0.0526. The first-order valence-corrected chi connectivity index (χ1v) is 5.60. The van der Waals surface area contributed by atoms with Crippen molar-refractivity contribution in [2.45, 2.75) is 0 Å². The summed E-state index contributed by atoms with van der Waals surface area (Å²) in [7, 11) is 1.21. The minimum atomic E-state index is -0.739. The highest BCUT2D eigenvalue weighted by molar-refractivity contribution is 7.09. The Balaban J connectivity index is 2.52. The molecule has 0 bridgehead atoms. The van der Waals surface area contributed by atoms with Gasteiger partial charge in [0.25, 0.3) is 0 Å². The van der Waals surface area contributed by atoms with E-state index in [1.807, 2.05) is 0 Å². The molecule has 0 saturated carbocycles. The number of methoxy groups -OCH3 is 1. The number of benzene rings is 1. The maximum atomic E-state index is 13.1. The molecule has 2 N–H and O–H groups in total. The van der Waals surface area contributed by atoms with Crippen LogP contribution in [0.4, 0.5) is 14.5 Å². The van der Waals surface area contributed by atoms with Gasteiger partial charge < -0.3 is 10.5 Å². The molecule has 0 saturated heterocycles. The Morgan fingerprint density at radius 1 is 1.33 bits per heavy atom.